The van der Waals surface area contributed by atoms with Crippen LogP contribution in [0.2, 0.25) is 5.02 Å². The van der Waals surface area contributed by atoms with Gasteiger partial charge in [0.05, 0.1) is 24.3 Å². The molecule has 0 aromatic heterocycles. The Bertz CT molecular complexity index is 326. The molecule has 1 atom stereocenters. The van der Waals surface area contributed by atoms with E-state index in [9.17, 15) is 4.39 Å². The number of hydrogen-bond acceptors (Lipinski definition) is 2. The van der Waals surface area contributed by atoms with Crippen molar-refractivity contribution in [3.8, 4) is 0 Å². The molecule has 4 heteroatoms. The van der Waals surface area contributed by atoms with Gasteiger partial charge in [0.25, 0.3) is 0 Å². The fraction of sp³-hybridized carbons (Fsp3) is 0.400. The topological polar surface area (TPSA) is 21.3 Å². The minimum absolute atomic E-state index is 0.0811. The van der Waals surface area contributed by atoms with Gasteiger partial charge in [0, 0.05) is 12.1 Å². The second-order valence-corrected chi connectivity index (χ2v) is 3.63. The summed E-state index contributed by atoms with van der Waals surface area (Å²) in [5.41, 5.74) is 0.581. The first kappa shape index (κ1) is 9.90. The molecule has 1 aromatic rings. The van der Waals surface area contributed by atoms with Gasteiger partial charge in [-0.2, -0.15) is 0 Å². The zero-order chi connectivity index (χ0) is 9.97. The number of morpholine rings is 1. The number of rotatable bonds is 1. The molecule has 0 spiro atoms. The molecule has 1 heterocycles. The second-order valence-electron chi connectivity index (χ2n) is 3.22. The van der Waals surface area contributed by atoms with Crippen molar-refractivity contribution >= 4 is 11.6 Å². The van der Waals surface area contributed by atoms with Crippen LogP contribution in [0.4, 0.5) is 4.39 Å². The molecule has 2 nitrogen and oxygen atoms in total. The summed E-state index contributed by atoms with van der Waals surface area (Å²) in [7, 11) is 0. The molecule has 1 aromatic carbocycles. The van der Waals surface area contributed by atoms with E-state index in [1.54, 1.807) is 18.2 Å². The Kier molecular flexibility index (Phi) is 3.01. The molecule has 14 heavy (non-hydrogen) atoms. The monoisotopic (exact) mass is 215 g/mol. The van der Waals surface area contributed by atoms with Crippen molar-refractivity contribution in [2.75, 3.05) is 19.8 Å². The molecule has 1 fully saturated rings. The Morgan fingerprint density at radius 2 is 2.36 bits per heavy atom. The largest absolute Gasteiger partial charge is 0.378 e. The maximum Gasteiger partial charge on any atom is 0.146 e. The van der Waals surface area contributed by atoms with E-state index >= 15 is 0 Å². The van der Waals surface area contributed by atoms with Crippen LogP contribution in [-0.2, 0) is 4.74 Å². The van der Waals surface area contributed by atoms with Crippen LogP contribution in [-0.4, -0.2) is 19.8 Å². The van der Waals surface area contributed by atoms with Crippen LogP contribution in [0.5, 0.6) is 0 Å². The van der Waals surface area contributed by atoms with Crippen molar-refractivity contribution < 1.29 is 9.13 Å². The highest BCUT2D eigenvalue weighted by Crippen LogP contribution is 2.24. The van der Waals surface area contributed by atoms with Crippen molar-refractivity contribution in [3.05, 3.63) is 34.6 Å². The normalized spacial score (nSPS) is 22.3. The minimum atomic E-state index is -0.350. The van der Waals surface area contributed by atoms with Gasteiger partial charge in [0.1, 0.15) is 5.82 Å². The van der Waals surface area contributed by atoms with Crippen LogP contribution >= 0.6 is 11.6 Å². The maximum atomic E-state index is 13.6. The third-order valence-electron chi connectivity index (χ3n) is 2.28. The number of nitrogens with one attached hydrogen (secondary N) is 1. The number of hydrogen-bond donors (Lipinski definition) is 1. The van der Waals surface area contributed by atoms with Crippen molar-refractivity contribution in [3.63, 3.8) is 0 Å². The number of benzene rings is 1. The highest BCUT2D eigenvalue weighted by atomic mass is 35.5. The molecule has 0 amide bonds. The van der Waals surface area contributed by atoms with E-state index in [0.29, 0.717) is 18.8 Å². The van der Waals surface area contributed by atoms with Crippen molar-refractivity contribution in [1.82, 2.24) is 5.32 Å². The van der Waals surface area contributed by atoms with Gasteiger partial charge in [-0.1, -0.05) is 23.7 Å². The predicted molar refractivity (Wildman–Crippen MR) is 53.0 cm³/mol. The quantitative estimate of drug-likeness (QED) is 0.775. The van der Waals surface area contributed by atoms with Gasteiger partial charge in [0.15, 0.2) is 0 Å². The molecule has 2 rings (SSSR count). The molecule has 0 radical (unpaired) electrons. The fourth-order valence-electron chi connectivity index (χ4n) is 1.55. The van der Waals surface area contributed by atoms with Gasteiger partial charge in [-0.15, -0.1) is 0 Å². The first-order valence-corrected chi connectivity index (χ1v) is 4.92. The summed E-state index contributed by atoms with van der Waals surface area (Å²) < 4.78 is 18.8. The Hall–Kier alpha value is -0.640. The van der Waals surface area contributed by atoms with E-state index in [0.717, 1.165) is 6.54 Å². The van der Waals surface area contributed by atoms with Crippen LogP contribution in [0.1, 0.15) is 11.6 Å². The summed E-state index contributed by atoms with van der Waals surface area (Å²) in [6.45, 7) is 1.92. The van der Waals surface area contributed by atoms with E-state index in [-0.39, 0.29) is 16.9 Å². The van der Waals surface area contributed by atoms with Gasteiger partial charge in [0.2, 0.25) is 0 Å². The summed E-state index contributed by atoms with van der Waals surface area (Å²) in [5.74, 6) is -0.350. The lowest BCUT2D eigenvalue weighted by Gasteiger charge is -2.24. The van der Waals surface area contributed by atoms with E-state index in [4.69, 9.17) is 16.3 Å². The zero-order valence-electron chi connectivity index (χ0n) is 7.59. The first-order valence-electron chi connectivity index (χ1n) is 4.54. The fourth-order valence-corrected chi connectivity index (χ4v) is 1.74. The van der Waals surface area contributed by atoms with Gasteiger partial charge in [-0.25, -0.2) is 4.39 Å². The third kappa shape index (κ3) is 1.90. The van der Waals surface area contributed by atoms with Crippen molar-refractivity contribution in [1.29, 1.82) is 0 Å². The lowest BCUT2D eigenvalue weighted by molar-refractivity contribution is 0.0757. The molecule has 0 aliphatic carbocycles. The van der Waals surface area contributed by atoms with E-state index in [1.807, 2.05) is 0 Å². The highest BCUT2D eigenvalue weighted by Gasteiger charge is 2.19. The van der Waals surface area contributed by atoms with Crippen LogP contribution in [0.15, 0.2) is 18.2 Å². The SMILES string of the molecule is Fc1c(Cl)cccc1C1COCCN1. The molecular formula is C10H11ClFNO. The maximum absolute atomic E-state index is 13.6. The number of ether oxygens (including phenoxy) is 1. The Morgan fingerprint density at radius 1 is 1.50 bits per heavy atom. The molecule has 1 saturated heterocycles. The van der Waals surface area contributed by atoms with Crippen LogP contribution in [0.3, 0.4) is 0 Å². The molecule has 0 saturated carbocycles. The third-order valence-corrected chi connectivity index (χ3v) is 2.57. The summed E-state index contributed by atoms with van der Waals surface area (Å²) in [5, 5.41) is 3.34. The summed E-state index contributed by atoms with van der Waals surface area (Å²) in [4.78, 5) is 0. The summed E-state index contributed by atoms with van der Waals surface area (Å²) in [6.07, 6.45) is 0. The van der Waals surface area contributed by atoms with Gasteiger partial charge in [-0.05, 0) is 6.07 Å². The molecule has 76 valence electrons. The Morgan fingerprint density at radius 3 is 3.07 bits per heavy atom. The zero-order valence-corrected chi connectivity index (χ0v) is 8.35. The van der Waals surface area contributed by atoms with E-state index in [2.05, 4.69) is 5.32 Å². The smallest absolute Gasteiger partial charge is 0.146 e. The second kappa shape index (κ2) is 4.26. The molecule has 1 aliphatic heterocycles. The molecule has 1 unspecified atom stereocenters. The number of halogens is 2. The minimum Gasteiger partial charge on any atom is -0.378 e. The summed E-state index contributed by atoms with van der Waals surface area (Å²) >= 11 is 5.69. The average Bonchev–Trinajstić information content (AvgIpc) is 2.23. The summed E-state index contributed by atoms with van der Waals surface area (Å²) in [6, 6.07) is 4.94. The molecule has 1 aliphatic rings. The average molecular weight is 216 g/mol. The van der Waals surface area contributed by atoms with Crippen LogP contribution in [0.25, 0.3) is 0 Å². The van der Waals surface area contributed by atoms with Crippen LogP contribution < -0.4 is 5.32 Å². The lowest BCUT2D eigenvalue weighted by atomic mass is 10.1. The van der Waals surface area contributed by atoms with Gasteiger partial charge in [-0.3, -0.25) is 0 Å². The lowest BCUT2D eigenvalue weighted by Crippen LogP contribution is -2.35. The van der Waals surface area contributed by atoms with Gasteiger partial charge >= 0.3 is 0 Å². The van der Waals surface area contributed by atoms with Crippen LogP contribution in [0, 0.1) is 5.82 Å². The molecule has 1 N–H and O–H groups in total. The van der Waals surface area contributed by atoms with Crippen molar-refractivity contribution in [2.24, 2.45) is 0 Å². The van der Waals surface area contributed by atoms with E-state index in [1.165, 1.54) is 0 Å². The Balaban J connectivity index is 2.26. The van der Waals surface area contributed by atoms with Crippen molar-refractivity contribution in [2.45, 2.75) is 6.04 Å². The first-order chi connectivity index (χ1) is 6.79. The standard InChI is InChI=1S/C10H11ClFNO/c11-8-3-1-2-7(10(8)12)9-6-14-5-4-13-9/h1-3,9,13H,4-6H2. The molecular weight excluding hydrogens is 205 g/mol. The van der Waals surface area contributed by atoms with Gasteiger partial charge < -0.3 is 10.1 Å². The highest BCUT2D eigenvalue weighted by molar-refractivity contribution is 6.30. The molecule has 0 bridgehead atoms. The van der Waals surface area contributed by atoms with E-state index < -0.39 is 0 Å². The Labute approximate surface area is 87.0 Å². The predicted octanol–water partition coefficient (Wildman–Crippen LogP) is 2.14.